The van der Waals surface area contributed by atoms with Crippen LogP contribution in [0.15, 0.2) is 47.7 Å². The third-order valence-corrected chi connectivity index (χ3v) is 2.79. The van der Waals surface area contributed by atoms with E-state index in [4.69, 9.17) is 5.73 Å². The molecule has 108 valence electrons. The van der Waals surface area contributed by atoms with Crippen LogP contribution in [0.5, 0.6) is 0 Å². The fourth-order valence-corrected chi connectivity index (χ4v) is 1.84. The van der Waals surface area contributed by atoms with Crippen molar-refractivity contribution in [1.29, 1.82) is 0 Å². The van der Waals surface area contributed by atoms with Crippen molar-refractivity contribution in [3.05, 3.63) is 53.9 Å². The Bertz CT molecular complexity index is 536. The van der Waals surface area contributed by atoms with E-state index in [9.17, 15) is 0 Å². The number of benzene rings is 1. The van der Waals surface area contributed by atoms with Gasteiger partial charge in [-0.3, -0.25) is 4.68 Å². The second-order valence-corrected chi connectivity index (χ2v) is 4.20. The van der Waals surface area contributed by atoms with Crippen molar-refractivity contribution in [2.24, 2.45) is 10.7 Å². The summed E-state index contributed by atoms with van der Waals surface area (Å²) in [6.45, 7) is 4.11. The van der Waals surface area contributed by atoms with Crippen LogP contribution in [0.1, 0.15) is 18.1 Å². The number of halogens is 1. The highest BCUT2D eigenvalue weighted by atomic mass is 127. The van der Waals surface area contributed by atoms with Crippen molar-refractivity contribution < 1.29 is 0 Å². The van der Waals surface area contributed by atoms with Gasteiger partial charge in [-0.25, -0.2) is 4.99 Å². The standard InChI is InChI=1S/C14H19N5.HI/c1-2-16-14(15)17-10-12-6-3-4-7-13(12)11-19-9-5-8-18-19;/h3-9H,2,10-11H2,1H3,(H3,15,16,17);1H. The monoisotopic (exact) mass is 385 g/mol. The molecule has 0 aliphatic heterocycles. The van der Waals surface area contributed by atoms with E-state index >= 15 is 0 Å². The third-order valence-electron chi connectivity index (χ3n) is 2.79. The molecule has 0 bridgehead atoms. The van der Waals surface area contributed by atoms with Crippen LogP contribution in [0, 0.1) is 0 Å². The molecule has 0 saturated carbocycles. The average molecular weight is 385 g/mol. The van der Waals surface area contributed by atoms with Gasteiger partial charge in [0.05, 0.1) is 13.1 Å². The first-order valence-electron chi connectivity index (χ1n) is 6.37. The SMILES string of the molecule is CCNC(N)=NCc1ccccc1Cn1cccn1.I. The Kier molecular flexibility index (Phi) is 7.06. The summed E-state index contributed by atoms with van der Waals surface area (Å²) < 4.78 is 1.90. The largest absolute Gasteiger partial charge is 0.370 e. The van der Waals surface area contributed by atoms with Gasteiger partial charge < -0.3 is 11.1 Å². The zero-order valence-corrected chi connectivity index (χ0v) is 13.8. The Hall–Kier alpha value is -1.57. The summed E-state index contributed by atoms with van der Waals surface area (Å²) in [4.78, 5) is 4.33. The maximum Gasteiger partial charge on any atom is 0.188 e. The zero-order valence-electron chi connectivity index (χ0n) is 11.5. The lowest BCUT2D eigenvalue weighted by atomic mass is 10.1. The van der Waals surface area contributed by atoms with Crippen LogP contribution in [-0.4, -0.2) is 22.3 Å². The summed E-state index contributed by atoms with van der Waals surface area (Å²) in [5, 5.41) is 7.21. The van der Waals surface area contributed by atoms with E-state index in [2.05, 4.69) is 27.5 Å². The summed E-state index contributed by atoms with van der Waals surface area (Å²) in [5.74, 6) is 0.483. The van der Waals surface area contributed by atoms with E-state index in [-0.39, 0.29) is 24.0 Å². The first-order valence-corrected chi connectivity index (χ1v) is 6.37. The molecule has 0 unspecified atom stereocenters. The summed E-state index contributed by atoms with van der Waals surface area (Å²) >= 11 is 0. The smallest absolute Gasteiger partial charge is 0.188 e. The number of nitrogens with zero attached hydrogens (tertiary/aromatic N) is 3. The Balaban J connectivity index is 0.00000200. The minimum absolute atomic E-state index is 0. The lowest BCUT2D eigenvalue weighted by Gasteiger charge is -2.08. The molecule has 1 aromatic heterocycles. The molecule has 0 aliphatic carbocycles. The number of nitrogens with two attached hydrogens (primary N) is 1. The van der Waals surface area contributed by atoms with E-state index in [1.54, 1.807) is 6.20 Å². The molecule has 0 aliphatic rings. The molecular formula is C14H20IN5. The van der Waals surface area contributed by atoms with Crippen LogP contribution in [0.3, 0.4) is 0 Å². The molecule has 0 saturated heterocycles. The minimum Gasteiger partial charge on any atom is -0.370 e. The van der Waals surface area contributed by atoms with Gasteiger partial charge in [0.15, 0.2) is 5.96 Å². The summed E-state index contributed by atoms with van der Waals surface area (Å²) in [7, 11) is 0. The molecule has 2 aromatic rings. The molecule has 0 amide bonds. The first kappa shape index (κ1) is 16.5. The van der Waals surface area contributed by atoms with Crippen LogP contribution < -0.4 is 11.1 Å². The minimum atomic E-state index is 0. The van der Waals surface area contributed by atoms with Crippen LogP contribution in [-0.2, 0) is 13.1 Å². The molecule has 20 heavy (non-hydrogen) atoms. The molecule has 0 radical (unpaired) electrons. The number of aliphatic imine (C=N–C) groups is 1. The second kappa shape index (κ2) is 8.57. The summed E-state index contributed by atoms with van der Waals surface area (Å²) in [5.41, 5.74) is 8.11. The van der Waals surface area contributed by atoms with Gasteiger partial charge in [0.2, 0.25) is 0 Å². The van der Waals surface area contributed by atoms with E-state index in [0.29, 0.717) is 12.5 Å². The Morgan fingerprint density at radius 1 is 1.30 bits per heavy atom. The lowest BCUT2D eigenvalue weighted by molar-refractivity contribution is 0.681. The van der Waals surface area contributed by atoms with Crippen LogP contribution in [0.4, 0.5) is 0 Å². The first-order chi connectivity index (χ1) is 9.29. The maximum atomic E-state index is 5.74. The number of guanidine groups is 1. The highest BCUT2D eigenvalue weighted by Crippen LogP contribution is 2.11. The van der Waals surface area contributed by atoms with Gasteiger partial charge in [-0.2, -0.15) is 5.10 Å². The average Bonchev–Trinajstić information content (AvgIpc) is 2.91. The maximum absolute atomic E-state index is 5.74. The number of hydrogen-bond donors (Lipinski definition) is 2. The van der Waals surface area contributed by atoms with Crippen molar-refractivity contribution in [2.75, 3.05) is 6.54 Å². The van der Waals surface area contributed by atoms with E-state index in [0.717, 1.165) is 13.1 Å². The predicted octanol–water partition coefficient (Wildman–Crippen LogP) is 1.97. The van der Waals surface area contributed by atoms with Crippen molar-refractivity contribution in [3.8, 4) is 0 Å². The van der Waals surface area contributed by atoms with E-state index in [1.165, 1.54) is 11.1 Å². The molecule has 5 nitrogen and oxygen atoms in total. The van der Waals surface area contributed by atoms with Gasteiger partial charge in [-0.15, -0.1) is 24.0 Å². The van der Waals surface area contributed by atoms with Crippen molar-refractivity contribution in [2.45, 2.75) is 20.0 Å². The van der Waals surface area contributed by atoms with Crippen molar-refractivity contribution in [1.82, 2.24) is 15.1 Å². The van der Waals surface area contributed by atoms with Gasteiger partial charge in [-0.1, -0.05) is 24.3 Å². The number of aromatic nitrogens is 2. The molecule has 2 rings (SSSR count). The number of rotatable bonds is 5. The fraction of sp³-hybridized carbons (Fsp3) is 0.286. The predicted molar refractivity (Wildman–Crippen MR) is 92.2 cm³/mol. The van der Waals surface area contributed by atoms with Crippen LogP contribution >= 0.6 is 24.0 Å². The molecule has 0 fully saturated rings. The molecule has 6 heteroatoms. The Morgan fingerprint density at radius 3 is 2.70 bits per heavy atom. The Morgan fingerprint density at radius 2 is 2.05 bits per heavy atom. The molecular weight excluding hydrogens is 365 g/mol. The van der Waals surface area contributed by atoms with Gasteiger partial charge >= 0.3 is 0 Å². The van der Waals surface area contributed by atoms with E-state index < -0.39 is 0 Å². The summed E-state index contributed by atoms with van der Waals surface area (Å²) in [6, 6.07) is 10.1. The zero-order chi connectivity index (χ0) is 13.5. The molecule has 1 aromatic carbocycles. The van der Waals surface area contributed by atoms with Gasteiger partial charge in [0.25, 0.3) is 0 Å². The number of hydrogen-bond acceptors (Lipinski definition) is 2. The van der Waals surface area contributed by atoms with Gasteiger partial charge in [0.1, 0.15) is 0 Å². The lowest BCUT2D eigenvalue weighted by Crippen LogP contribution is -2.31. The highest BCUT2D eigenvalue weighted by Gasteiger charge is 2.02. The topological polar surface area (TPSA) is 68.2 Å². The Labute approximate surface area is 136 Å². The van der Waals surface area contributed by atoms with Crippen LogP contribution in [0.2, 0.25) is 0 Å². The second-order valence-electron chi connectivity index (χ2n) is 4.20. The normalized spacial score (nSPS) is 10.9. The fourth-order valence-electron chi connectivity index (χ4n) is 1.84. The van der Waals surface area contributed by atoms with Gasteiger partial charge in [-0.05, 0) is 24.1 Å². The number of nitrogens with one attached hydrogen (secondary N) is 1. The molecule has 1 heterocycles. The highest BCUT2D eigenvalue weighted by molar-refractivity contribution is 14.0. The molecule has 0 spiro atoms. The third kappa shape index (κ3) is 4.84. The molecule has 0 atom stereocenters. The van der Waals surface area contributed by atoms with Gasteiger partial charge in [0, 0.05) is 18.9 Å². The summed E-state index contributed by atoms with van der Waals surface area (Å²) in [6.07, 6.45) is 3.73. The molecule has 3 N–H and O–H groups in total. The van der Waals surface area contributed by atoms with E-state index in [1.807, 2.05) is 36.0 Å². The van der Waals surface area contributed by atoms with Crippen molar-refractivity contribution >= 4 is 29.9 Å². The quantitative estimate of drug-likeness (QED) is 0.470. The van der Waals surface area contributed by atoms with Crippen molar-refractivity contribution in [3.63, 3.8) is 0 Å². The van der Waals surface area contributed by atoms with Crippen LogP contribution in [0.25, 0.3) is 0 Å².